The Bertz CT molecular complexity index is 471. The quantitative estimate of drug-likeness (QED) is 0.762. The molecule has 1 aromatic carbocycles. The zero-order chi connectivity index (χ0) is 15.9. The smallest absolute Gasteiger partial charge is 0.207 e. The van der Waals surface area contributed by atoms with E-state index in [1.54, 1.807) is 0 Å². The Morgan fingerprint density at radius 1 is 0.913 bits per heavy atom. The molecule has 0 unspecified atom stereocenters. The first-order valence-corrected chi connectivity index (χ1v) is 9.38. The zero-order valence-corrected chi connectivity index (χ0v) is 14.1. The second-order valence-corrected chi connectivity index (χ2v) is 7.35. The Morgan fingerprint density at radius 3 is 2.26 bits per heavy atom. The van der Waals surface area contributed by atoms with Crippen LogP contribution in [0.3, 0.4) is 0 Å². The largest absolute Gasteiger partial charge is 0.382 e. The molecule has 0 radical (unpaired) electrons. The molecule has 0 aliphatic heterocycles. The highest BCUT2D eigenvalue weighted by atomic mass is 16.1. The minimum Gasteiger partial charge on any atom is -0.382 e. The molecule has 1 aromatic rings. The molecule has 3 rings (SSSR count). The molecule has 0 spiro atoms. The fourth-order valence-electron chi connectivity index (χ4n) is 4.25. The molecule has 2 aliphatic carbocycles. The molecule has 0 aromatic heterocycles. The molecule has 3 nitrogen and oxygen atoms in total. The SMILES string of the molecule is O=CNCC1CCC(Nc2ccc(C3CCCCC3)cc2)CC1. The second kappa shape index (κ2) is 8.37. The lowest BCUT2D eigenvalue weighted by molar-refractivity contribution is -0.109. The summed E-state index contributed by atoms with van der Waals surface area (Å²) in [4.78, 5) is 10.4. The van der Waals surface area contributed by atoms with Crippen molar-refractivity contribution >= 4 is 12.1 Å². The molecule has 0 saturated heterocycles. The van der Waals surface area contributed by atoms with Crippen molar-refractivity contribution in [1.82, 2.24) is 5.32 Å². The van der Waals surface area contributed by atoms with E-state index >= 15 is 0 Å². The van der Waals surface area contributed by atoms with Crippen LogP contribution in [-0.2, 0) is 4.79 Å². The fourth-order valence-corrected chi connectivity index (χ4v) is 4.25. The van der Waals surface area contributed by atoms with Crippen LogP contribution in [0.1, 0.15) is 69.3 Å². The van der Waals surface area contributed by atoms with Crippen molar-refractivity contribution in [2.45, 2.75) is 69.7 Å². The van der Waals surface area contributed by atoms with E-state index in [1.807, 2.05) is 0 Å². The van der Waals surface area contributed by atoms with E-state index in [1.165, 1.54) is 69.0 Å². The van der Waals surface area contributed by atoms with E-state index in [2.05, 4.69) is 34.9 Å². The summed E-state index contributed by atoms with van der Waals surface area (Å²) in [5.41, 5.74) is 2.79. The summed E-state index contributed by atoms with van der Waals surface area (Å²) in [6.45, 7) is 0.840. The monoisotopic (exact) mass is 314 g/mol. The Kier molecular flexibility index (Phi) is 5.95. The van der Waals surface area contributed by atoms with E-state index in [0.717, 1.165) is 18.9 Å². The number of hydrogen-bond acceptors (Lipinski definition) is 2. The molecule has 2 saturated carbocycles. The van der Waals surface area contributed by atoms with E-state index in [0.29, 0.717) is 12.0 Å². The molecule has 1 amide bonds. The van der Waals surface area contributed by atoms with Gasteiger partial charge in [0.15, 0.2) is 0 Å². The zero-order valence-electron chi connectivity index (χ0n) is 14.1. The molecule has 2 N–H and O–H groups in total. The van der Waals surface area contributed by atoms with Gasteiger partial charge < -0.3 is 10.6 Å². The molecular weight excluding hydrogens is 284 g/mol. The third-order valence-electron chi connectivity index (χ3n) is 5.69. The third kappa shape index (κ3) is 4.73. The molecule has 126 valence electrons. The number of benzene rings is 1. The molecular formula is C20H30N2O. The number of rotatable bonds is 6. The Labute approximate surface area is 140 Å². The first-order valence-electron chi connectivity index (χ1n) is 9.38. The van der Waals surface area contributed by atoms with Gasteiger partial charge in [-0.05, 0) is 68.1 Å². The van der Waals surface area contributed by atoms with Crippen molar-refractivity contribution in [3.05, 3.63) is 29.8 Å². The van der Waals surface area contributed by atoms with Gasteiger partial charge in [0.05, 0.1) is 0 Å². The molecule has 23 heavy (non-hydrogen) atoms. The van der Waals surface area contributed by atoms with Crippen molar-refractivity contribution in [1.29, 1.82) is 0 Å². The number of amides is 1. The van der Waals surface area contributed by atoms with Crippen LogP contribution in [-0.4, -0.2) is 19.0 Å². The van der Waals surface area contributed by atoms with Crippen molar-refractivity contribution in [3.8, 4) is 0 Å². The van der Waals surface area contributed by atoms with E-state index < -0.39 is 0 Å². The summed E-state index contributed by atoms with van der Waals surface area (Å²) in [6.07, 6.45) is 12.6. The van der Waals surface area contributed by atoms with Gasteiger partial charge in [0.1, 0.15) is 0 Å². The lowest BCUT2D eigenvalue weighted by Crippen LogP contribution is -2.30. The van der Waals surface area contributed by atoms with Gasteiger partial charge in [-0.2, -0.15) is 0 Å². The van der Waals surface area contributed by atoms with Gasteiger partial charge >= 0.3 is 0 Å². The molecule has 2 fully saturated rings. The summed E-state index contributed by atoms with van der Waals surface area (Å²) < 4.78 is 0. The highest BCUT2D eigenvalue weighted by molar-refractivity contribution is 5.46. The summed E-state index contributed by atoms with van der Waals surface area (Å²) in [5.74, 6) is 1.45. The standard InChI is InChI=1S/C20H30N2O/c23-15-21-14-16-6-10-19(11-7-16)22-20-12-8-18(9-13-20)17-4-2-1-3-5-17/h8-9,12-13,15-17,19,22H,1-7,10-11,14H2,(H,21,23). The first kappa shape index (κ1) is 16.4. The molecule has 0 bridgehead atoms. The van der Waals surface area contributed by atoms with Gasteiger partial charge in [-0.1, -0.05) is 31.4 Å². The average molecular weight is 314 g/mol. The minimum absolute atomic E-state index is 0.586. The van der Waals surface area contributed by atoms with Gasteiger partial charge in [-0.15, -0.1) is 0 Å². The number of anilines is 1. The van der Waals surface area contributed by atoms with Crippen LogP contribution in [0.4, 0.5) is 5.69 Å². The van der Waals surface area contributed by atoms with Gasteiger partial charge in [-0.25, -0.2) is 0 Å². The highest BCUT2D eigenvalue weighted by Gasteiger charge is 2.21. The molecule has 3 heteroatoms. The van der Waals surface area contributed by atoms with Crippen LogP contribution in [0.5, 0.6) is 0 Å². The summed E-state index contributed by atoms with van der Waals surface area (Å²) in [6, 6.07) is 9.78. The number of hydrogen-bond donors (Lipinski definition) is 2. The summed E-state index contributed by atoms with van der Waals surface area (Å²) in [7, 11) is 0. The van der Waals surface area contributed by atoms with Crippen LogP contribution < -0.4 is 10.6 Å². The molecule has 0 atom stereocenters. The van der Waals surface area contributed by atoms with Crippen LogP contribution >= 0.6 is 0 Å². The van der Waals surface area contributed by atoms with Gasteiger partial charge in [0.25, 0.3) is 0 Å². The number of carbonyl (C=O) groups is 1. The molecule has 2 aliphatic rings. The Morgan fingerprint density at radius 2 is 1.61 bits per heavy atom. The van der Waals surface area contributed by atoms with Crippen LogP contribution in [0.25, 0.3) is 0 Å². The van der Waals surface area contributed by atoms with Crippen molar-refractivity contribution in [3.63, 3.8) is 0 Å². The highest BCUT2D eigenvalue weighted by Crippen LogP contribution is 2.33. The maximum absolute atomic E-state index is 10.4. The second-order valence-electron chi connectivity index (χ2n) is 7.35. The van der Waals surface area contributed by atoms with Crippen LogP contribution in [0.15, 0.2) is 24.3 Å². The first-order chi connectivity index (χ1) is 11.3. The molecule has 0 heterocycles. The lowest BCUT2D eigenvalue weighted by atomic mass is 9.84. The van der Waals surface area contributed by atoms with Crippen LogP contribution in [0.2, 0.25) is 0 Å². The van der Waals surface area contributed by atoms with E-state index in [4.69, 9.17) is 0 Å². The van der Waals surface area contributed by atoms with Crippen molar-refractivity contribution in [2.24, 2.45) is 5.92 Å². The van der Waals surface area contributed by atoms with Crippen molar-refractivity contribution in [2.75, 3.05) is 11.9 Å². The lowest BCUT2D eigenvalue weighted by Gasteiger charge is -2.29. The fraction of sp³-hybridized carbons (Fsp3) is 0.650. The maximum Gasteiger partial charge on any atom is 0.207 e. The number of carbonyl (C=O) groups excluding carboxylic acids is 1. The normalized spacial score (nSPS) is 25.7. The number of nitrogens with one attached hydrogen (secondary N) is 2. The minimum atomic E-state index is 0.586. The van der Waals surface area contributed by atoms with E-state index in [9.17, 15) is 4.79 Å². The predicted octanol–water partition coefficient (Wildman–Crippen LogP) is 4.45. The summed E-state index contributed by atoms with van der Waals surface area (Å²) >= 11 is 0. The predicted molar refractivity (Wildman–Crippen MR) is 95.7 cm³/mol. The van der Waals surface area contributed by atoms with Gasteiger partial charge in [-0.3, -0.25) is 4.79 Å². The average Bonchev–Trinajstić information content (AvgIpc) is 2.62. The van der Waals surface area contributed by atoms with Gasteiger partial charge in [0.2, 0.25) is 6.41 Å². The van der Waals surface area contributed by atoms with Gasteiger partial charge in [0, 0.05) is 18.3 Å². The Hall–Kier alpha value is -1.51. The van der Waals surface area contributed by atoms with Crippen molar-refractivity contribution < 1.29 is 4.79 Å². The summed E-state index contributed by atoms with van der Waals surface area (Å²) in [5, 5.41) is 6.52. The third-order valence-corrected chi connectivity index (χ3v) is 5.69. The van der Waals surface area contributed by atoms with Crippen LogP contribution in [0, 0.1) is 5.92 Å². The van der Waals surface area contributed by atoms with E-state index in [-0.39, 0.29) is 0 Å². The maximum atomic E-state index is 10.4. The Balaban J connectivity index is 1.46. The topological polar surface area (TPSA) is 41.1 Å².